The van der Waals surface area contributed by atoms with Crippen molar-refractivity contribution < 1.29 is 8.78 Å². The van der Waals surface area contributed by atoms with Crippen molar-refractivity contribution >= 4 is 5.95 Å². The van der Waals surface area contributed by atoms with Crippen LogP contribution in [0.25, 0.3) is 0 Å². The lowest BCUT2D eigenvalue weighted by atomic mass is 10.3. The number of alkyl halides is 2. The molecule has 19 heavy (non-hydrogen) atoms. The molecule has 0 aromatic carbocycles. The Kier molecular flexibility index (Phi) is 3.73. The lowest BCUT2D eigenvalue weighted by Gasteiger charge is -2.18. The summed E-state index contributed by atoms with van der Waals surface area (Å²) >= 11 is 0. The molecule has 0 unspecified atom stereocenters. The van der Waals surface area contributed by atoms with Crippen molar-refractivity contribution in [3.8, 4) is 0 Å². The Bertz CT molecular complexity index is 547. The molecule has 0 spiro atoms. The molecule has 0 atom stereocenters. The summed E-state index contributed by atoms with van der Waals surface area (Å²) in [5.74, 6) is 0.779. The first-order chi connectivity index (χ1) is 8.97. The molecule has 2 heterocycles. The van der Waals surface area contributed by atoms with Crippen molar-refractivity contribution in [3.05, 3.63) is 35.7 Å². The zero-order valence-electron chi connectivity index (χ0n) is 11.0. The van der Waals surface area contributed by atoms with Gasteiger partial charge in [0.05, 0.1) is 6.54 Å². The molecule has 7 heteroatoms. The minimum Gasteiger partial charge on any atom is -0.336 e. The number of aryl methyl sites for hydroxylation is 2. The number of imidazole rings is 1. The smallest absolute Gasteiger partial charge is 0.319 e. The van der Waals surface area contributed by atoms with E-state index in [9.17, 15) is 8.78 Å². The van der Waals surface area contributed by atoms with Crippen LogP contribution >= 0.6 is 0 Å². The molecule has 2 aromatic heterocycles. The Hall–Kier alpha value is -2.05. The predicted molar refractivity (Wildman–Crippen MR) is 67.1 cm³/mol. The number of nitrogens with zero attached hydrogens (tertiary/aromatic N) is 5. The first-order valence-corrected chi connectivity index (χ1v) is 5.80. The maximum absolute atomic E-state index is 12.7. The van der Waals surface area contributed by atoms with Crippen molar-refractivity contribution in [1.29, 1.82) is 0 Å². The van der Waals surface area contributed by atoms with Gasteiger partial charge in [-0.3, -0.25) is 4.57 Å². The number of aromatic nitrogens is 4. The van der Waals surface area contributed by atoms with Gasteiger partial charge in [-0.2, -0.15) is 8.78 Å². The second-order valence-electron chi connectivity index (χ2n) is 4.34. The molecule has 0 bridgehead atoms. The van der Waals surface area contributed by atoms with Crippen LogP contribution < -0.4 is 4.90 Å². The highest BCUT2D eigenvalue weighted by atomic mass is 19.3. The zero-order chi connectivity index (χ0) is 14.0. The maximum atomic E-state index is 12.7. The lowest BCUT2D eigenvalue weighted by molar-refractivity contribution is 0.0670. The van der Waals surface area contributed by atoms with Gasteiger partial charge in [-0.05, 0) is 19.9 Å². The molecule has 0 aliphatic heterocycles. The third-order valence-corrected chi connectivity index (χ3v) is 2.65. The number of halogens is 2. The highest BCUT2D eigenvalue weighted by Gasteiger charge is 2.14. The van der Waals surface area contributed by atoms with Gasteiger partial charge < -0.3 is 4.90 Å². The van der Waals surface area contributed by atoms with Crippen molar-refractivity contribution in [2.24, 2.45) is 0 Å². The molecule has 0 saturated carbocycles. The molecule has 2 aromatic rings. The second kappa shape index (κ2) is 5.29. The van der Waals surface area contributed by atoms with Crippen LogP contribution in [0.2, 0.25) is 0 Å². The van der Waals surface area contributed by atoms with Gasteiger partial charge in [0.1, 0.15) is 5.82 Å². The number of rotatable bonds is 4. The fraction of sp³-hybridized carbons (Fsp3) is 0.417. The van der Waals surface area contributed by atoms with Crippen molar-refractivity contribution in [2.45, 2.75) is 26.9 Å². The Labute approximate surface area is 109 Å². The molecule has 0 radical (unpaired) electrons. The molecule has 0 N–H and O–H groups in total. The van der Waals surface area contributed by atoms with Gasteiger partial charge in [0, 0.05) is 30.8 Å². The Morgan fingerprint density at radius 1 is 1.26 bits per heavy atom. The maximum Gasteiger partial charge on any atom is 0.319 e. The average Bonchev–Trinajstić information content (AvgIpc) is 2.75. The van der Waals surface area contributed by atoms with Crippen LogP contribution in [0.4, 0.5) is 14.7 Å². The molecule has 0 aliphatic carbocycles. The lowest BCUT2D eigenvalue weighted by Crippen LogP contribution is -2.22. The summed E-state index contributed by atoms with van der Waals surface area (Å²) in [6.07, 6.45) is 2.62. The molecular formula is C12H15F2N5. The standard InChI is InChI=1S/C12H15F2N5/c1-8-6-9(2)17-12(16-8)18(3)7-10-15-4-5-19(10)11(13)14/h4-6,11H,7H2,1-3H3. The van der Waals surface area contributed by atoms with Crippen LogP contribution in [0.1, 0.15) is 23.8 Å². The van der Waals surface area contributed by atoms with E-state index in [1.54, 1.807) is 11.9 Å². The topological polar surface area (TPSA) is 46.8 Å². The highest BCUT2D eigenvalue weighted by molar-refractivity contribution is 5.31. The molecule has 0 aliphatic rings. The molecule has 5 nitrogen and oxygen atoms in total. The number of hydrogen-bond donors (Lipinski definition) is 0. The summed E-state index contributed by atoms with van der Waals surface area (Å²) < 4.78 is 26.3. The molecule has 0 saturated heterocycles. The van der Waals surface area contributed by atoms with E-state index in [4.69, 9.17) is 0 Å². The molecule has 0 amide bonds. The van der Waals surface area contributed by atoms with Gasteiger partial charge in [-0.15, -0.1) is 0 Å². The number of hydrogen-bond acceptors (Lipinski definition) is 4. The Balaban J connectivity index is 2.20. The third-order valence-electron chi connectivity index (χ3n) is 2.65. The predicted octanol–water partition coefficient (Wildman–Crippen LogP) is 2.32. The van der Waals surface area contributed by atoms with E-state index in [2.05, 4.69) is 15.0 Å². The Morgan fingerprint density at radius 2 is 1.89 bits per heavy atom. The molecular weight excluding hydrogens is 252 g/mol. The summed E-state index contributed by atoms with van der Waals surface area (Å²) in [7, 11) is 1.75. The van der Waals surface area contributed by atoms with Gasteiger partial charge >= 0.3 is 6.55 Å². The van der Waals surface area contributed by atoms with Gasteiger partial charge in [0.15, 0.2) is 0 Å². The summed E-state index contributed by atoms with van der Waals surface area (Å²) in [6, 6.07) is 1.86. The van der Waals surface area contributed by atoms with Crippen LogP contribution in [0.5, 0.6) is 0 Å². The minimum absolute atomic E-state index is 0.222. The summed E-state index contributed by atoms with van der Waals surface area (Å²) in [5.41, 5.74) is 1.68. The van der Waals surface area contributed by atoms with Gasteiger partial charge in [-0.1, -0.05) is 0 Å². The quantitative estimate of drug-likeness (QED) is 0.853. The fourth-order valence-corrected chi connectivity index (χ4v) is 1.80. The van der Waals surface area contributed by atoms with Crippen LogP contribution in [0.15, 0.2) is 18.5 Å². The van der Waals surface area contributed by atoms with Crippen LogP contribution in [0, 0.1) is 13.8 Å². The monoisotopic (exact) mass is 267 g/mol. The second-order valence-corrected chi connectivity index (χ2v) is 4.34. The van der Waals surface area contributed by atoms with E-state index >= 15 is 0 Å². The van der Waals surface area contributed by atoms with E-state index in [0.717, 1.165) is 16.0 Å². The number of anilines is 1. The Morgan fingerprint density at radius 3 is 2.47 bits per heavy atom. The van der Waals surface area contributed by atoms with Crippen molar-refractivity contribution in [3.63, 3.8) is 0 Å². The van der Waals surface area contributed by atoms with E-state index in [-0.39, 0.29) is 12.4 Å². The van der Waals surface area contributed by atoms with Crippen LogP contribution in [-0.4, -0.2) is 26.6 Å². The molecule has 0 fully saturated rings. The van der Waals surface area contributed by atoms with E-state index in [0.29, 0.717) is 5.95 Å². The van der Waals surface area contributed by atoms with Crippen LogP contribution in [0.3, 0.4) is 0 Å². The summed E-state index contributed by atoms with van der Waals surface area (Å²) in [6.45, 7) is 1.37. The summed E-state index contributed by atoms with van der Waals surface area (Å²) in [5, 5.41) is 0. The van der Waals surface area contributed by atoms with E-state index < -0.39 is 6.55 Å². The van der Waals surface area contributed by atoms with E-state index in [1.165, 1.54) is 12.4 Å². The van der Waals surface area contributed by atoms with Crippen molar-refractivity contribution in [2.75, 3.05) is 11.9 Å². The first-order valence-electron chi connectivity index (χ1n) is 5.80. The van der Waals surface area contributed by atoms with Gasteiger partial charge in [-0.25, -0.2) is 15.0 Å². The minimum atomic E-state index is -2.59. The van der Waals surface area contributed by atoms with Gasteiger partial charge in [0.25, 0.3) is 0 Å². The molecule has 2 rings (SSSR count). The van der Waals surface area contributed by atoms with Gasteiger partial charge in [0.2, 0.25) is 5.95 Å². The third kappa shape index (κ3) is 3.04. The average molecular weight is 267 g/mol. The first kappa shape index (κ1) is 13.4. The summed E-state index contributed by atoms with van der Waals surface area (Å²) in [4.78, 5) is 14.2. The largest absolute Gasteiger partial charge is 0.336 e. The normalized spacial score (nSPS) is 11.1. The zero-order valence-corrected chi connectivity index (χ0v) is 11.0. The molecule has 102 valence electrons. The highest BCUT2D eigenvalue weighted by Crippen LogP contribution is 2.16. The van der Waals surface area contributed by atoms with E-state index in [1.807, 2.05) is 19.9 Å². The van der Waals surface area contributed by atoms with Crippen molar-refractivity contribution in [1.82, 2.24) is 19.5 Å². The SMILES string of the molecule is Cc1cc(C)nc(N(C)Cc2nccn2C(F)F)n1. The fourth-order valence-electron chi connectivity index (χ4n) is 1.80. The van der Waals surface area contributed by atoms with Crippen LogP contribution in [-0.2, 0) is 6.54 Å².